The molecule has 0 radical (unpaired) electrons. The Balaban J connectivity index is 2.92. The van der Waals surface area contributed by atoms with E-state index in [9.17, 15) is 18.0 Å². The third kappa shape index (κ3) is 5.02. The number of rotatable bonds is 6. The molecule has 3 nitrogen and oxygen atoms in total. The predicted molar refractivity (Wildman–Crippen MR) is 80.1 cm³/mol. The molecule has 124 valence electrons. The first-order chi connectivity index (χ1) is 10.2. The zero-order valence-corrected chi connectivity index (χ0v) is 13.2. The van der Waals surface area contributed by atoms with Gasteiger partial charge < -0.3 is 10.6 Å². The van der Waals surface area contributed by atoms with Gasteiger partial charge in [0.15, 0.2) is 0 Å². The summed E-state index contributed by atoms with van der Waals surface area (Å²) in [5.74, 6) is -0.0929. The largest absolute Gasteiger partial charge is 0.416 e. The van der Waals surface area contributed by atoms with Crippen LogP contribution in [0, 0.1) is 0 Å². The summed E-state index contributed by atoms with van der Waals surface area (Å²) in [5, 5.41) is 0. The molecule has 0 bridgehead atoms. The number of alkyl halides is 3. The quantitative estimate of drug-likeness (QED) is 0.869. The smallest absolute Gasteiger partial charge is 0.336 e. The van der Waals surface area contributed by atoms with Crippen LogP contribution in [0.3, 0.4) is 0 Å². The van der Waals surface area contributed by atoms with Crippen molar-refractivity contribution in [3.05, 3.63) is 35.4 Å². The molecule has 0 aliphatic heterocycles. The Hall–Kier alpha value is -1.56. The van der Waals surface area contributed by atoms with Crippen molar-refractivity contribution in [2.75, 3.05) is 6.54 Å². The van der Waals surface area contributed by atoms with Gasteiger partial charge in [-0.3, -0.25) is 4.79 Å². The molecule has 0 spiro atoms. The number of carbonyl (C=O) groups excluding carboxylic acids is 1. The molecule has 0 aromatic heterocycles. The Morgan fingerprint density at radius 1 is 1.32 bits per heavy atom. The third-order valence-electron chi connectivity index (χ3n) is 3.64. The minimum atomic E-state index is -4.38. The van der Waals surface area contributed by atoms with Gasteiger partial charge >= 0.3 is 6.18 Å². The monoisotopic (exact) mass is 316 g/mol. The minimum Gasteiger partial charge on any atom is -0.336 e. The van der Waals surface area contributed by atoms with Gasteiger partial charge in [-0.1, -0.05) is 12.1 Å². The summed E-state index contributed by atoms with van der Waals surface area (Å²) in [4.78, 5) is 13.8. The van der Waals surface area contributed by atoms with Crippen molar-refractivity contribution >= 4 is 5.91 Å². The van der Waals surface area contributed by atoms with E-state index >= 15 is 0 Å². The van der Waals surface area contributed by atoms with E-state index in [0.717, 1.165) is 12.1 Å². The lowest BCUT2D eigenvalue weighted by molar-refractivity contribution is -0.137. The molecule has 0 aliphatic carbocycles. The first-order valence-electron chi connectivity index (χ1n) is 7.39. The fourth-order valence-electron chi connectivity index (χ4n) is 2.32. The van der Waals surface area contributed by atoms with Crippen molar-refractivity contribution in [3.8, 4) is 0 Å². The number of benzene rings is 1. The van der Waals surface area contributed by atoms with E-state index in [1.54, 1.807) is 17.9 Å². The molecular weight excluding hydrogens is 293 g/mol. The van der Waals surface area contributed by atoms with E-state index in [1.807, 2.05) is 13.8 Å². The summed E-state index contributed by atoms with van der Waals surface area (Å²) in [5.41, 5.74) is 5.42. The Morgan fingerprint density at radius 3 is 2.45 bits per heavy atom. The topological polar surface area (TPSA) is 46.3 Å². The van der Waals surface area contributed by atoms with Gasteiger partial charge in [0.2, 0.25) is 5.91 Å². The van der Waals surface area contributed by atoms with E-state index in [0.29, 0.717) is 24.9 Å². The molecule has 0 saturated carbocycles. The van der Waals surface area contributed by atoms with Crippen LogP contribution >= 0.6 is 0 Å². The molecule has 0 saturated heterocycles. The standard InChI is InChI=1S/C16H23F3N2O/c1-4-21(15(22)9-8-11(2)20)12(3)13-6-5-7-14(10-13)16(17,18)19/h5-7,10-12H,4,8-9,20H2,1-3H3. The molecule has 1 amide bonds. The van der Waals surface area contributed by atoms with Crippen LogP contribution in [0.1, 0.15) is 50.8 Å². The average Bonchev–Trinajstić information content (AvgIpc) is 2.45. The first-order valence-corrected chi connectivity index (χ1v) is 7.39. The molecule has 6 heteroatoms. The molecule has 1 aromatic carbocycles. The SMILES string of the molecule is CCN(C(=O)CCC(C)N)C(C)c1cccc(C(F)(F)F)c1. The van der Waals surface area contributed by atoms with Gasteiger partial charge in [0, 0.05) is 19.0 Å². The van der Waals surface area contributed by atoms with E-state index < -0.39 is 17.8 Å². The Labute approximate surface area is 129 Å². The highest BCUT2D eigenvalue weighted by Gasteiger charge is 2.31. The van der Waals surface area contributed by atoms with Gasteiger partial charge in [-0.25, -0.2) is 0 Å². The Bertz CT molecular complexity index is 500. The molecule has 2 unspecified atom stereocenters. The fourth-order valence-corrected chi connectivity index (χ4v) is 2.32. The number of halogens is 3. The number of amides is 1. The maximum absolute atomic E-state index is 12.8. The highest BCUT2D eigenvalue weighted by Crippen LogP contribution is 2.32. The van der Waals surface area contributed by atoms with Crippen molar-refractivity contribution in [1.82, 2.24) is 4.90 Å². The second kappa shape index (κ2) is 7.63. The second-order valence-corrected chi connectivity index (χ2v) is 5.49. The highest BCUT2D eigenvalue weighted by molar-refractivity contribution is 5.76. The Morgan fingerprint density at radius 2 is 1.95 bits per heavy atom. The molecular formula is C16H23F3N2O. The van der Waals surface area contributed by atoms with Crippen LogP contribution in [-0.4, -0.2) is 23.4 Å². The molecule has 0 fully saturated rings. The summed E-state index contributed by atoms with van der Waals surface area (Å²) in [6.07, 6.45) is -3.52. The van der Waals surface area contributed by atoms with Gasteiger partial charge in [-0.15, -0.1) is 0 Å². The molecule has 1 rings (SSSR count). The van der Waals surface area contributed by atoms with Gasteiger partial charge in [-0.05, 0) is 44.9 Å². The Kier molecular flexibility index (Phi) is 6.41. The van der Waals surface area contributed by atoms with Crippen LogP contribution in [-0.2, 0) is 11.0 Å². The zero-order chi connectivity index (χ0) is 16.9. The van der Waals surface area contributed by atoms with Crippen molar-refractivity contribution in [2.24, 2.45) is 5.73 Å². The van der Waals surface area contributed by atoms with Crippen LogP contribution in [0.15, 0.2) is 24.3 Å². The van der Waals surface area contributed by atoms with Crippen LogP contribution in [0.25, 0.3) is 0 Å². The first kappa shape index (κ1) is 18.5. The summed E-state index contributed by atoms with van der Waals surface area (Å²) in [6, 6.07) is 4.63. The normalized spacial score (nSPS) is 14.5. The molecule has 1 aromatic rings. The number of nitrogens with zero attached hydrogens (tertiary/aromatic N) is 1. The lowest BCUT2D eigenvalue weighted by Crippen LogP contribution is -2.34. The molecule has 2 N–H and O–H groups in total. The summed E-state index contributed by atoms with van der Waals surface area (Å²) >= 11 is 0. The minimum absolute atomic E-state index is 0.0773. The van der Waals surface area contributed by atoms with Gasteiger partial charge in [0.1, 0.15) is 0 Å². The maximum Gasteiger partial charge on any atom is 0.416 e. The van der Waals surface area contributed by atoms with Crippen LogP contribution in [0.5, 0.6) is 0 Å². The van der Waals surface area contributed by atoms with E-state index in [2.05, 4.69) is 0 Å². The van der Waals surface area contributed by atoms with E-state index in [1.165, 1.54) is 6.07 Å². The van der Waals surface area contributed by atoms with E-state index in [-0.39, 0.29) is 11.9 Å². The van der Waals surface area contributed by atoms with Crippen LogP contribution < -0.4 is 5.73 Å². The van der Waals surface area contributed by atoms with E-state index in [4.69, 9.17) is 5.73 Å². The average molecular weight is 316 g/mol. The van der Waals surface area contributed by atoms with Crippen molar-refractivity contribution < 1.29 is 18.0 Å². The number of carbonyl (C=O) groups is 1. The second-order valence-electron chi connectivity index (χ2n) is 5.49. The van der Waals surface area contributed by atoms with Crippen LogP contribution in [0.4, 0.5) is 13.2 Å². The van der Waals surface area contributed by atoms with Gasteiger partial charge in [0.25, 0.3) is 0 Å². The maximum atomic E-state index is 12.8. The summed E-state index contributed by atoms with van der Waals surface area (Å²) in [7, 11) is 0. The molecule has 2 atom stereocenters. The van der Waals surface area contributed by atoms with Gasteiger partial charge in [0.05, 0.1) is 11.6 Å². The van der Waals surface area contributed by atoms with Gasteiger partial charge in [-0.2, -0.15) is 13.2 Å². The molecule has 0 aliphatic rings. The third-order valence-corrected chi connectivity index (χ3v) is 3.64. The highest BCUT2D eigenvalue weighted by atomic mass is 19.4. The fraction of sp³-hybridized carbons (Fsp3) is 0.562. The lowest BCUT2D eigenvalue weighted by Gasteiger charge is -2.29. The number of hydrogen-bond acceptors (Lipinski definition) is 2. The van der Waals surface area contributed by atoms with Crippen molar-refractivity contribution in [1.29, 1.82) is 0 Å². The summed E-state index contributed by atoms with van der Waals surface area (Å²) in [6.45, 7) is 5.81. The molecule has 0 heterocycles. The van der Waals surface area contributed by atoms with Crippen LogP contribution in [0.2, 0.25) is 0 Å². The lowest BCUT2D eigenvalue weighted by atomic mass is 10.0. The number of hydrogen-bond donors (Lipinski definition) is 1. The molecule has 22 heavy (non-hydrogen) atoms. The zero-order valence-electron chi connectivity index (χ0n) is 13.2. The summed E-state index contributed by atoms with van der Waals surface area (Å²) < 4.78 is 38.4. The predicted octanol–water partition coefficient (Wildman–Crippen LogP) is 3.74. The number of nitrogens with two attached hydrogens (primary N) is 1. The van der Waals surface area contributed by atoms with Crippen molar-refractivity contribution in [3.63, 3.8) is 0 Å². The van der Waals surface area contributed by atoms with Crippen molar-refractivity contribution in [2.45, 2.75) is 51.9 Å².